The Labute approximate surface area is 190 Å². The number of fused-ring (bicyclic) bond motifs is 1. The Hall–Kier alpha value is -2.41. The Bertz CT molecular complexity index is 808. The molecular weight excluding hydrogens is 406 g/mol. The van der Waals surface area contributed by atoms with Crippen LogP contribution in [0.5, 0.6) is 0 Å². The molecule has 2 aliphatic rings. The molecule has 0 aromatic heterocycles. The number of benzene rings is 1. The normalized spacial score (nSPS) is 21.9. The molecule has 3 N–H and O–H groups in total. The van der Waals surface area contributed by atoms with Gasteiger partial charge in [0.25, 0.3) is 0 Å². The Morgan fingerprint density at radius 1 is 1.12 bits per heavy atom. The van der Waals surface area contributed by atoms with Crippen molar-refractivity contribution in [3.8, 4) is 0 Å². The maximum atomic E-state index is 13.3. The summed E-state index contributed by atoms with van der Waals surface area (Å²) in [6, 6.07) is 6.03. The zero-order valence-corrected chi connectivity index (χ0v) is 19.3. The highest BCUT2D eigenvalue weighted by Gasteiger charge is 2.50. The van der Waals surface area contributed by atoms with E-state index in [-0.39, 0.29) is 18.2 Å². The first-order chi connectivity index (χ1) is 15.3. The van der Waals surface area contributed by atoms with Gasteiger partial charge >= 0.3 is 5.97 Å². The molecule has 0 saturated carbocycles. The minimum absolute atomic E-state index is 0.103. The van der Waals surface area contributed by atoms with Crippen LogP contribution in [0.2, 0.25) is 0 Å². The molecule has 2 saturated heterocycles. The molecule has 0 bridgehead atoms. The van der Waals surface area contributed by atoms with Gasteiger partial charge in [0.1, 0.15) is 18.1 Å². The maximum Gasteiger partial charge on any atom is 0.326 e. The van der Waals surface area contributed by atoms with E-state index in [1.165, 1.54) is 10.5 Å². The lowest BCUT2D eigenvalue weighted by molar-refractivity contribution is -0.168. The van der Waals surface area contributed by atoms with Gasteiger partial charge in [0, 0.05) is 6.54 Å². The number of carbonyl (C=O) groups excluding carboxylic acids is 2. The van der Waals surface area contributed by atoms with Gasteiger partial charge in [0.2, 0.25) is 11.8 Å². The molecular formula is C25H37N3O4. The van der Waals surface area contributed by atoms with E-state index < -0.39 is 24.1 Å². The molecule has 0 aliphatic carbocycles. The SMILES string of the molecule is CC(C)Cc1ccc(CCC(C(=O)O)N2C(=O)[C@@H]3CCCN3C(=O)[C@@H]2CCCCN)cc1. The van der Waals surface area contributed by atoms with Crippen LogP contribution < -0.4 is 5.73 Å². The minimum atomic E-state index is -1.04. The molecule has 2 fully saturated rings. The first-order valence-electron chi connectivity index (χ1n) is 12.0. The van der Waals surface area contributed by atoms with Gasteiger partial charge in [-0.05, 0) is 75.0 Å². The Balaban J connectivity index is 1.77. The van der Waals surface area contributed by atoms with Gasteiger partial charge < -0.3 is 20.6 Å². The summed E-state index contributed by atoms with van der Waals surface area (Å²) in [6.45, 7) is 5.45. The summed E-state index contributed by atoms with van der Waals surface area (Å²) < 4.78 is 0. The third-order valence-electron chi connectivity index (χ3n) is 6.62. The van der Waals surface area contributed by atoms with Crippen molar-refractivity contribution in [2.24, 2.45) is 11.7 Å². The Morgan fingerprint density at radius 3 is 2.44 bits per heavy atom. The lowest BCUT2D eigenvalue weighted by Gasteiger charge is -2.45. The average Bonchev–Trinajstić information content (AvgIpc) is 3.24. The number of hydrogen-bond acceptors (Lipinski definition) is 4. The molecule has 32 heavy (non-hydrogen) atoms. The van der Waals surface area contributed by atoms with Crippen LogP contribution in [0.4, 0.5) is 0 Å². The fraction of sp³-hybridized carbons (Fsp3) is 0.640. The number of nitrogens with two attached hydrogens (primary N) is 1. The van der Waals surface area contributed by atoms with Gasteiger partial charge in [-0.3, -0.25) is 9.59 Å². The minimum Gasteiger partial charge on any atom is -0.480 e. The molecule has 3 atom stereocenters. The standard InChI is InChI=1S/C25H37N3O4/c1-17(2)16-19-10-8-18(9-11-19)12-13-22(25(31)32)28-21(6-3-4-14-26)23(29)27-15-5-7-20(27)24(28)30/h8-11,17,20-22H,3-7,12-16,26H2,1-2H3,(H,31,32)/t20-,21-,22?/m0/s1. The molecule has 0 radical (unpaired) electrons. The van der Waals surface area contributed by atoms with E-state index in [0.717, 1.165) is 24.8 Å². The fourth-order valence-corrected chi connectivity index (χ4v) is 5.04. The smallest absolute Gasteiger partial charge is 0.326 e. The summed E-state index contributed by atoms with van der Waals surface area (Å²) in [5.74, 6) is -0.781. The molecule has 1 aromatic carbocycles. The van der Waals surface area contributed by atoms with E-state index in [1.807, 2.05) is 12.1 Å². The summed E-state index contributed by atoms with van der Waals surface area (Å²) in [7, 11) is 0. The fourth-order valence-electron chi connectivity index (χ4n) is 5.04. The lowest BCUT2D eigenvalue weighted by atomic mass is 9.94. The van der Waals surface area contributed by atoms with Crippen molar-refractivity contribution in [2.45, 2.75) is 83.3 Å². The molecule has 1 aromatic rings. The zero-order valence-electron chi connectivity index (χ0n) is 19.3. The Kier molecular flexibility index (Phi) is 8.29. The van der Waals surface area contributed by atoms with Gasteiger partial charge in [-0.1, -0.05) is 38.1 Å². The quantitative estimate of drug-likeness (QED) is 0.512. The summed E-state index contributed by atoms with van der Waals surface area (Å²) in [5.41, 5.74) is 7.92. The molecule has 2 aliphatic heterocycles. The number of aryl methyl sites for hydroxylation is 1. The van der Waals surface area contributed by atoms with Crippen LogP contribution in [0.1, 0.15) is 63.5 Å². The maximum absolute atomic E-state index is 13.3. The second-order valence-electron chi connectivity index (χ2n) is 9.54. The predicted molar refractivity (Wildman–Crippen MR) is 123 cm³/mol. The van der Waals surface area contributed by atoms with Crippen LogP contribution in [0, 0.1) is 5.92 Å². The molecule has 7 heteroatoms. The van der Waals surface area contributed by atoms with E-state index in [9.17, 15) is 19.5 Å². The van der Waals surface area contributed by atoms with Crippen LogP contribution in [0.3, 0.4) is 0 Å². The van der Waals surface area contributed by atoms with Crippen LogP contribution in [0.25, 0.3) is 0 Å². The molecule has 3 rings (SSSR count). The number of amides is 2. The third kappa shape index (κ3) is 5.49. The number of carboxylic acid groups (broad SMARTS) is 1. The Morgan fingerprint density at radius 2 is 1.81 bits per heavy atom. The highest BCUT2D eigenvalue weighted by atomic mass is 16.4. The van der Waals surface area contributed by atoms with E-state index in [4.69, 9.17) is 5.73 Å². The van der Waals surface area contributed by atoms with Crippen molar-refractivity contribution in [1.29, 1.82) is 0 Å². The molecule has 1 unspecified atom stereocenters. The van der Waals surface area contributed by atoms with E-state index >= 15 is 0 Å². The summed E-state index contributed by atoms with van der Waals surface area (Å²) in [4.78, 5) is 41.9. The summed E-state index contributed by atoms with van der Waals surface area (Å²) >= 11 is 0. The van der Waals surface area contributed by atoms with Gasteiger partial charge in [0.15, 0.2) is 0 Å². The van der Waals surface area contributed by atoms with Crippen molar-refractivity contribution in [3.05, 3.63) is 35.4 Å². The van der Waals surface area contributed by atoms with Crippen LogP contribution in [-0.2, 0) is 27.2 Å². The van der Waals surface area contributed by atoms with Crippen molar-refractivity contribution >= 4 is 17.8 Å². The first kappa shape index (κ1) is 24.2. The predicted octanol–water partition coefficient (Wildman–Crippen LogP) is 2.60. The average molecular weight is 444 g/mol. The van der Waals surface area contributed by atoms with Crippen molar-refractivity contribution in [3.63, 3.8) is 0 Å². The molecule has 2 amide bonds. The molecule has 0 spiro atoms. The van der Waals surface area contributed by atoms with E-state index in [2.05, 4.69) is 26.0 Å². The lowest BCUT2D eigenvalue weighted by Crippen LogP contribution is -2.66. The number of nitrogens with zero attached hydrogens (tertiary/aromatic N) is 2. The number of rotatable bonds is 11. The molecule has 7 nitrogen and oxygen atoms in total. The van der Waals surface area contributed by atoms with Crippen LogP contribution >= 0.6 is 0 Å². The number of hydrogen-bond donors (Lipinski definition) is 2. The first-order valence-corrected chi connectivity index (χ1v) is 12.0. The third-order valence-corrected chi connectivity index (χ3v) is 6.62. The monoisotopic (exact) mass is 443 g/mol. The summed E-state index contributed by atoms with van der Waals surface area (Å²) in [5, 5.41) is 10.0. The number of carbonyl (C=O) groups is 3. The number of unbranched alkanes of at least 4 members (excludes halogenated alkanes) is 1. The van der Waals surface area contributed by atoms with Gasteiger partial charge in [-0.2, -0.15) is 0 Å². The number of aliphatic carboxylic acids is 1. The summed E-state index contributed by atoms with van der Waals surface area (Å²) in [6.07, 6.45) is 5.13. The number of carboxylic acids is 1. The van der Waals surface area contributed by atoms with Gasteiger partial charge in [-0.25, -0.2) is 4.79 Å². The van der Waals surface area contributed by atoms with Gasteiger partial charge in [-0.15, -0.1) is 0 Å². The van der Waals surface area contributed by atoms with E-state index in [0.29, 0.717) is 44.7 Å². The highest BCUT2D eigenvalue weighted by molar-refractivity contribution is 5.99. The largest absolute Gasteiger partial charge is 0.480 e. The van der Waals surface area contributed by atoms with Crippen LogP contribution in [-0.4, -0.2) is 63.9 Å². The second-order valence-corrected chi connectivity index (χ2v) is 9.54. The van der Waals surface area contributed by atoms with Gasteiger partial charge in [0.05, 0.1) is 0 Å². The second kappa shape index (κ2) is 10.9. The molecule has 2 heterocycles. The zero-order chi connectivity index (χ0) is 23.3. The van der Waals surface area contributed by atoms with Crippen molar-refractivity contribution in [2.75, 3.05) is 13.1 Å². The topological polar surface area (TPSA) is 104 Å². The van der Waals surface area contributed by atoms with Crippen molar-refractivity contribution < 1.29 is 19.5 Å². The van der Waals surface area contributed by atoms with Crippen molar-refractivity contribution in [1.82, 2.24) is 9.80 Å². The van der Waals surface area contributed by atoms with E-state index in [1.54, 1.807) is 4.90 Å². The highest BCUT2D eigenvalue weighted by Crippen LogP contribution is 2.31. The number of piperazine rings is 1. The molecule has 176 valence electrons. The van der Waals surface area contributed by atoms with Crippen LogP contribution in [0.15, 0.2) is 24.3 Å².